The van der Waals surface area contributed by atoms with E-state index in [4.69, 9.17) is 9.84 Å². The monoisotopic (exact) mass is 320 g/mol. The second kappa shape index (κ2) is 7.04. The van der Waals surface area contributed by atoms with Crippen LogP contribution in [0.2, 0.25) is 0 Å². The Hall–Kier alpha value is -0.700. The number of rotatable bonds is 8. The summed E-state index contributed by atoms with van der Waals surface area (Å²) in [6.07, 6.45) is 3.18. The molecule has 0 amide bonds. The number of piperidine rings is 1. The van der Waals surface area contributed by atoms with Gasteiger partial charge in [0.1, 0.15) is 0 Å². The second-order valence-electron chi connectivity index (χ2n) is 5.86. The Morgan fingerprint density at radius 3 is 2.43 bits per heavy atom. The minimum atomic E-state index is -3.50. The van der Waals surface area contributed by atoms with Crippen LogP contribution in [0.5, 0.6) is 0 Å². The van der Waals surface area contributed by atoms with Crippen molar-refractivity contribution in [2.45, 2.75) is 25.7 Å². The molecule has 2 fully saturated rings. The molecule has 1 saturated carbocycles. The van der Waals surface area contributed by atoms with Crippen LogP contribution in [0.1, 0.15) is 25.7 Å². The molecule has 2 aliphatic rings. The maximum Gasteiger partial charge on any atom is 0.306 e. The van der Waals surface area contributed by atoms with E-state index in [1.807, 2.05) is 0 Å². The number of carboxylic acids is 1. The summed E-state index contributed by atoms with van der Waals surface area (Å²) in [5.41, 5.74) is 0. The summed E-state index contributed by atoms with van der Waals surface area (Å²) < 4.78 is 32.8. The van der Waals surface area contributed by atoms with E-state index in [2.05, 4.69) is 0 Å². The fraction of sp³-hybridized carbons (Fsp3) is 0.923. The molecule has 0 bridgehead atoms. The summed E-state index contributed by atoms with van der Waals surface area (Å²) in [5, 5.41) is 8.93. The molecular weight excluding hydrogens is 296 g/mol. The Balaban J connectivity index is 1.75. The van der Waals surface area contributed by atoms with E-state index in [1.54, 1.807) is 7.05 Å². The van der Waals surface area contributed by atoms with Crippen LogP contribution in [0.4, 0.5) is 0 Å². The summed E-state index contributed by atoms with van der Waals surface area (Å²) in [6.45, 7) is 1.99. The number of aliphatic carboxylic acids is 1. The first-order chi connectivity index (χ1) is 9.91. The first-order valence-corrected chi connectivity index (χ1v) is 8.83. The van der Waals surface area contributed by atoms with E-state index in [0.29, 0.717) is 31.9 Å². The fourth-order valence-electron chi connectivity index (χ4n) is 2.37. The molecule has 0 atom stereocenters. The molecule has 0 aromatic carbocycles. The number of nitrogens with zero attached hydrogens (tertiary/aromatic N) is 2. The van der Waals surface area contributed by atoms with Crippen LogP contribution in [0.3, 0.4) is 0 Å². The van der Waals surface area contributed by atoms with E-state index >= 15 is 0 Å². The lowest BCUT2D eigenvalue weighted by atomic mass is 9.99. The molecule has 1 heterocycles. The van der Waals surface area contributed by atoms with Crippen molar-refractivity contribution in [1.29, 1.82) is 0 Å². The maximum absolute atomic E-state index is 12.4. The summed E-state index contributed by atoms with van der Waals surface area (Å²) in [4.78, 5) is 10.9. The summed E-state index contributed by atoms with van der Waals surface area (Å²) in [5.74, 6) is -0.598. The second-order valence-corrected chi connectivity index (χ2v) is 7.89. The Labute approximate surface area is 126 Å². The number of carbonyl (C=O) groups is 1. The molecular formula is C13H24N2O5S. The van der Waals surface area contributed by atoms with Crippen molar-refractivity contribution in [3.05, 3.63) is 0 Å². The predicted octanol–water partition coefficient (Wildman–Crippen LogP) is 0.386. The average Bonchev–Trinajstić information content (AvgIpc) is 3.27. The normalized spacial score (nSPS) is 21.8. The zero-order chi connectivity index (χ0) is 15.5. The Morgan fingerprint density at radius 2 is 1.90 bits per heavy atom. The molecule has 21 heavy (non-hydrogen) atoms. The summed E-state index contributed by atoms with van der Waals surface area (Å²) in [7, 11) is -1.96. The van der Waals surface area contributed by atoms with Crippen molar-refractivity contribution < 1.29 is 23.1 Å². The minimum Gasteiger partial charge on any atom is -0.481 e. The van der Waals surface area contributed by atoms with Gasteiger partial charge in [-0.3, -0.25) is 4.79 Å². The van der Waals surface area contributed by atoms with Crippen LogP contribution < -0.4 is 0 Å². The van der Waals surface area contributed by atoms with Crippen molar-refractivity contribution in [3.8, 4) is 0 Å². The largest absolute Gasteiger partial charge is 0.481 e. The Bertz CT molecular complexity index is 455. The number of ether oxygens (including phenoxy) is 1. The summed E-state index contributed by atoms with van der Waals surface area (Å²) >= 11 is 0. The van der Waals surface area contributed by atoms with Gasteiger partial charge in [-0.2, -0.15) is 17.0 Å². The topological polar surface area (TPSA) is 87.2 Å². The lowest BCUT2D eigenvalue weighted by Crippen LogP contribution is -2.47. The molecule has 1 aliphatic carbocycles. The van der Waals surface area contributed by atoms with Crippen LogP contribution in [0.25, 0.3) is 0 Å². The molecule has 7 nitrogen and oxygen atoms in total. The van der Waals surface area contributed by atoms with Gasteiger partial charge in [-0.15, -0.1) is 0 Å². The van der Waals surface area contributed by atoms with Gasteiger partial charge in [-0.05, 0) is 31.6 Å². The molecule has 1 saturated heterocycles. The molecule has 0 aromatic rings. The van der Waals surface area contributed by atoms with E-state index in [-0.39, 0.29) is 13.1 Å². The van der Waals surface area contributed by atoms with Gasteiger partial charge in [-0.1, -0.05) is 0 Å². The smallest absolute Gasteiger partial charge is 0.306 e. The first-order valence-electron chi connectivity index (χ1n) is 7.43. The zero-order valence-electron chi connectivity index (χ0n) is 12.4. The minimum absolute atomic E-state index is 0.270. The highest BCUT2D eigenvalue weighted by molar-refractivity contribution is 7.86. The number of hydrogen-bond acceptors (Lipinski definition) is 4. The third-order valence-corrected chi connectivity index (χ3v) is 6.11. The van der Waals surface area contributed by atoms with Crippen molar-refractivity contribution in [3.63, 3.8) is 0 Å². The highest BCUT2D eigenvalue weighted by atomic mass is 32.2. The van der Waals surface area contributed by atoms with E-state index in [0.717, 1.165) is 6.61 Å². The molecule has 0 unspecified atom stereocenters. The lowest BCUT2D eigenvalue weighted by molar-refractivity contribution is -0.142. The molecule has 0 aromatic heterocycles. The fourth-order valence-corrected chi connectivity index (χ4v) is 3.75. The molecule has 8 heteroatoms. The van der Waals surface area contributed by atoms with Crippen LogP contribution >= 0.6 is 0 Å². The van der Waals surface area contributed by atoms with Crippen molar-refractivity contribution in [2.24, 2.45) is 11.8 Å². The average molecular weight is 320 g/mol. The highest BCUT2D eigenvalue weighted by Gasteiger charge is 2.33. The van der Waals surface area contributed by atoms with E-state index in [1.165, 1.54) is 21.5 Å². The Kier molecular flexibility index (Phi) is 5.59. The quantitative estimate of drug-likeness (QED) is 0.654. The number of hydrogen-bond donors (Lipinski definition) is 1. The predicted molar refractivity (Wildman–Crippen MR) is 77.0 cm³/mol. The van der Waals surface area contributed by atoms with E-state index < -0.39 is 22.1 Å². The van der Waals surface area contributed by atoms with Gasteiger partial charge in [-0.25, -0.2) is 0 Å². The Morgan fingerprint density at radius 1 is 1.29 bits per heavy atom. The van der Waals surface area contributed by atoms with Gasteiger partial charge in [0.05, 0.1) is 12.5 Å². The van der Waals surface area contributed by atoms with E-state index in [9.17, 15) is 13.2 Å². The van der Waals surface area contributed by atoms with Gasteiger partial charge in [0, 0.05) is 33.3 Å². The van der Waals surface area contributed by atoms with Crippen molar-refractivity contribution in [2.75, 3.05) is 39.9 Å². The third kappa shape index (κ3) is 4.64. The molecule has 0 radical (unpaired) electrons. The van der Waals surface area contributed by atoms with Gasteiger partial charge in [0.15, 0.2) is 0 Å². The highest BCUT2D eigenvalue weighted by Crippen LogP contribution is 2.28. The molecule has 2 rings (SSSR count). The lowest BCUT2D eigenvalue weighted by Gasteiger charge is -2.32. The third-order valence-electron chi connectivity index (χ3n) is 4.12. The van der Waals surface area contributed by atoms with Crippen LogP contribution in [-0.4, -0.2) is 68.0 Å². The van der Waals surface area contributed by atoms with Crippen molar-refractivity contribution >= 4 is 16.2 Å². The number of carboxylic acid groups (broad SMARTS) is 1. The number of likely N-dealkylation sites (N-methyl/N-ethyl adjacent to an activating group) is 1. The van der Waals surface area contributed by atoms with Crippen LogP contribution in [0, 0.1) is 11.8 Å². The molecule has 1 N–H and O–H groups in total. The van der Waals surface area contributed by atoms with Gasteiger partial charge in [0.25, 0.3) is 10.2 Å². The first kappa shape index (κ1) is 16.7. The SMILES string of the molecule is CN(CCOCC1CC1)S(=O)(=O)N1CCC(C(=O)O)CC1. The standard InChI is InChI=1S/C13H24N2O5S/c1-14(8-9-20-10-11-2-3-11)21(18,19)15-6-4-12(5-7-15)13(16)17/h11-12H,2-10H2,1H3,(H,16,17). The maximum atomic E-state index is 12.4. The zero-order valence-corrected chi connectivity index (χ0v) is 13.2. The van der Waals surface area contributed by atoms with Crippen LogP contribution in [-0.2, 0) is 19.7 Å². The van der Waals surface area contributed by atoms with Gasteiger partial charge < -0.3 is 9.84 Å². The van der Waals surface area contributed by atoms with Gasteiger partial charge in [0.2, 0.25) is 0 Å². The molecule has 1 aliphatic heterocycles. The van der Waals surface area contributed by atoms with Crippen molar-refractivity contribution in [1.82, 2.24) is 8.61 Å². The molecule has 122 valence electrons. The molecule has 0 spiro atoms. The van der Waals surface area contributed by atoms with Crippen LogP contribution in [0.15, 0.2) is 0 Å². The van der Waals surface area contributed by atoms with Gasteiger partial charge >= 0.3 is 5.97 Å². The summed E-state index contributed by atoms with van der Waals surface area (Å²) in [6, 6.07) is 0.